The van der Waals surface area contributed by atoms with Gasteiger partial charge in [-0.2, -0.15) is 0 Å². The Balaban J connectivity index is 1.43. The zero-order chi connectivity index (χ0) is 24.6. The molecule has 3 N–H and O–H groups in total. The first kappa shape index (κ1) is 23.4. The molecule has 0 radical (unpaired) electrons. The second-order valence-corrected chi connectivity index (χ2v) is 9.42. The van der Waals surface area contributed by atoms with E-state index in [4.69, 9.17) is 10.5 Å². The van der Waals surface area contributed by atoms with Crippen LogP contribution < -0.4 is 11.1 Å². The minimum Gasteiger partial charge on any atom is -0.452 e. The molecule has 2 heterocycles. The zero-order valence-electron chi connectivity index (χ0n) is 18.5. The van der Waals surface area contributed by atoms with Crippen LogP contribution in [0.4, 0.5) is 5.00 Å². The molecule has 1 aliphatic heterocycles. The number of primary amides is 1. The van der Waals surface area contributed by atoms with Crippen molar-refractivity contribution in [3.8, 4) is 0 Å². The summed E-state index contributed by atoms with van der Waals surface area (Å²) in [6, 6.07) is 4.02. The molecule has 176 valence electrons. The lowest BCUT2D eigenvalue weighted by Gasteiger charge is -2.18. The largest absolute Gasteiger partial charge is 0.452 e. The number of nitrogens with zero attached hydrogens (tertiary/aromatic N) is 1. The fourth-order valence-corrected chi connectivity index (χ4v) is 5.62. The lowest BCUT2D eigenvalue weighted by atomic mass is 9.88. The van der Waals surface area contributed by atoms with Crippen molar-refractivity contribution < 1.29 is 28.7 Å². The maximum atomic E-state index is 12.5. The molecule has 1 aromatic carbocycles. The molecular weight excluding hydrogens is 458 g/mol. The highest BCUT2D eigenvalue weighted by Crippen LogP contribution is 2.39. The van der Waals surface area contributed by atoms with Crippen LogP contribution in [-0.4, -0.2) is 47.6 Å². The van der Waals surface area contributed by atoms with Crippen molar-refractivity contribution in [3.05, 3.63) is 63.5 Å². The molecular formula is C24H23N3O6S. The van der Waals surface area contributed by atoms with Crippen LogP contribution in [0.1, 0.15) is 65.2 Å². The fourth-order valence-electron chi connectivity index (χ4n) is 4.19. The number of imide groups is 1. The topological polar surface area (TPSA) is 136 Å². The van der Waals surface area contributed by atoms with Crippen molar-refractivity contribution in [3.63, 3.8) is 0 Å². The average molecular weight is 482 g/mol. The van der Waals surface area contributed by atoms with E-state index < -0.39 is 36.2 Å². The predicted octanol–water partition coefficient (Wildman–Crippen LogP) is 2.55. The van der Waals surface area contributed by atoms with Crippen LogP contribution in [-0.2, 0) is 22.4 Å². The van der Waals surface area contributed by atoms with E-state index >= 15 is 0 Å². The molecule has 2 aromatic rings. The maximum Gasteiger partial charge on any atom is 0.338 e. The third-order valence-electron chi connectivity index (χ3n) is 5.86. The third-order valence-corrected chi connectivity index (χ3v) is 7.03. The summed E-state index contributed by atoms with van der Waals surface area (Å²) in [7, 11) is 0. The van der Waals surface area contributed by atoms with Gasteiger partial charge in [0.15, 0.2) is 6.61 Å². The monoisotopic (exact) mass is 481 g/mol. The summed E-state index contributed by atoms with van der Waals surface area (Å²) in [5, 5.41) is 2.99. The number of hydrogen-bond donors (Lipinski definition) is 2. The van der Waals surface area contributed by atoms with Crippen LogP contribution in [0.5, 0.6) is 0 Å². The van der Waals surface area contributed by atoms with Crippen molar-refractivity contribution in [1.29, 1.82) is 0 Å². The first-order valence-electron chi connectivity index (χ1n) is 10.7. The normalized spacial score (nSPS) is 16.6. The Kier molecular flexibility index (Phi) is 6.34. The quantitative estimate of drug-likeness (QED) is 0.354. The number of fused-ring (bicyclic) bond motifs is 2. The van der Waals surface area contributed by atoms with E-state index in [0.717, 1.165) is 34.6 Å². The van der Waals surface area contributed by atoms with Crippen LogP contribution in [0.2, 0.25) is 0 Å². The van der Waals surface area contributed by atoms with Gasteiger partial charge in [0.1, 0.15) is 5.00 Å². The summed E-state index contributed by atoms with van der Waals surface area (Å²) < 4.78 is 5.09. The number of carbonyl (C=O) groups excluding carboxylic acids is 5. The highest BCUT2D eigenvalue weighted by Gasteiger charge is 2.35. The van der Waals surface area contributed by atoms with Gasteiger partial charge in [-0.05, 0) is 48.9 Å². The van der Waals surface area contributed by atoms with Crippen LogP contribution >= 0.6 is 11.3 Å². The highest BCUT2D eigenvalue weighted by molar-refractivity contribution is 7.17. The van der Waals surface area contributed by atoms with Crippen LogP contribution in [0.3, 0.4) is 0 Å². The second-order valence-electron chi connectivity index (χ2n) is 8.31. The van der Waals surface area contributed by atoms with Gasteiger partial charge in [-0.25, -0.2) is 4.79 Å². The minimum absolute atomic E-state index is 0.0338. The molecule has 34 heavy (non-hydrogen) atoms. The van der Waals surface area contributed by atoms with E-state index in [0.29, 0.717) is 16.5 Å². The molecule has 1 aliphatic carbocycles. The van der Waals surface area contributed by atoms with Crippen molar-refractivity contribution in [2.24, 2.45) is 11.7 Å². The van der Waals surface area contributed by atoms with Crippen LogP contribution in [0.15, 0.2) is 30.9 Å². The van der Waals surface area contributed by atoms with Gasteiger partial charge in [0.2, 0.25) is 0 Å². The highest BCUT2D eigenvalue weighted by atomic mass is 32.1. The number of anilines is 1. The molecule has 2 aliphatic rings. The number of benzene rings is 1. The molecule has 0 fully saturated rings. The smallest absolute Gasteiger partial charge is 0.338 e. The lowest BCUT2D eigenvalue weighted by Crippen LogP contribution is -2.29. The molecule has 10 heteroatoms. The summed E-state index contributed by atoms with van der Waals surface area (Å²) >= 11 is 1.32. The van der Waals surface area contributed by atoms with Crippen molar-refractivity contribution in [2.45, 2.75) is 26.2 Å². The summed E-state index contributed by atoms with van der Waals surface area (Å²) in [5.41, 5.74) is 7.07. The fraction of sp³-hybridized carbons (Fsp3) is 0.292. The van der Waals surface area contributed by atoms with Gasteiger partial charge in [0, 0.05) is 11.4 Å². The molecule has 4 rings (SSSR count). The van der Waals surface area contributed by atoms with E-state index in [1.165, 1.54) is 35.6 Å². The maximum absolute atomic E-state index is 12.5. The molecule has 9 nitrogen and oxygen atoms in total. The van der Waals surface area contributed by atoms with Crippen LogP contribution in [0, 0.1) is 5.92 Å². The van der Waals surface area contributed by atoms with E-state index in [2.05, 4.69) is 18.8 Å². The van der Waals surface area contributed by atoms with Crippen molar-refractivity contribution in [1.82, 2.24) is 4.90 Å². The number of nitrogens with two attached hydrogens (primary N) is 1. The second kappa shape index (κ2) is 9.22. The molecule has 1 aromatic heterocycles. The van der Waals surface area contributed by atoms with E-state index in [-0.39, 0.29) is 23.2 Å². The SMILES string of the molecule is C=CCN1C(=O)c2ccc(C(=O)OCC(=O)Nc3sc4c(c3C(N)=O)CCC(C)C4)cc2C1=O. The van der Waals surface area contributed by atoms with E-state index in [1.54, 1.807) is 0 Å². The molecule has 1 unspecified atom stereocenters. The first-order valence-corrected chi connectivity index (χ1v) is 11.5. The third kappa shape index (κ3) is 4.24. The number of nitrogens with one attached hydrogen (secondary N) is 1. The van der Waals surface area contributed by atoms with Gasteiger partial charge in [-0.15, -0.1) is 17.9 Å². The minimum atomic E-state index is -0.824. The number of hydrogen-bond acceptors (Lipinski definition) is 7. The van der Waals surface area contributed by atoms with E-state index in [1.807, 2.05) is 0 Å². The number of carbonyl (C=O) groups is 5. The Bertz CT molecular complexity index is 1250. The zero-order valence-corrected chi connectivity index (χ0v) is 19.3. The number of thiophene rings is 1. The Morgan fingerprint density at radius 3 is 2.71 bits per heavy atom. The number of rotatable bonds is 7. The molecule has 0 saturated heterocycles. The summed E-state index contributed by atoms with van der Waals surface area (Å²) in [6.07, 6.45) is 3.91. The Morgan fingerprint density at radius 2 is 2.00 bits per heavy atom. The predicted molar refractivity (Wildman–Crippen MR) is 125 cm³/mol. The van der Waals surface area contributed by atoms with Crippen LogP contribution in [0.25, 0.3) is 0 Å². The number of ether oxygens (including phenoxy) is 1. The average Bonchev–Trinajstić information content (AvgIpc) is 3.27. The number of amides is 4. The summed E-state index contributed by atoms with van der Waals surface area (Å²) in [4.78, 5) is 63.7. The molecule has 1 atom stereocenters. The van der Waals surface area contributed by atoms with Gasteiger partial charge >= 0.3 is 5.97 Å². The van der Waals surface area contributed by atoms with Gasteiger partial charge in [0.05, 0.1) is 22.3 Å². The van der Waals surface area contributed by atoms with E-state index in [9.17, 15) is 24.0 Å². The summed E-state index contributed by atoms with van der Waals surface area (Å²) in [6.45, 7) is 5.12. The Morgan fingerprint density at radius 1 is 1.26 bits per heavy atom. The van der Waals surface area contributed by atoms with Crippen molar-refractivity contribution in [2.75, 3.05) is 18.5 Å². The lowest BCUT2D eigenvalue weighted by molar-refractivity contribution is -0.119. The molecule has 0 saturated carbocycles. The molecule has 4 amide bonds. The van der Waals surface area contributed by atoms with Gasteiger partial charge in [0.25, 0.3) is 23.6 Å². The Labute approximate surface area is 199 Å². The van der Waals surface area contributed by atoms with Gasteiger partial charge in [-0.1, -0.05) is 13.0 Å². The first-order chi connectivity index (χ1) is 16.2. The Hall–Kier alpha value is -3.79. The van der Waals surface area contributed by atoms with Gasteiger partial charge in [-0.3, -0.25) is 24.1 Å². The molecule has 0 spiro atoms. The number of esters is 1. The van der Waals surface area contributed by atoms with Crippen molar-refractivity contribution >= 4 is 45.9 Å². The standard InChI is InChI=1S/C24H23N3O6S/c1-3-8-27-22(30)14-7-5-13(10-16(14)23(27)31)24(32)33-11-18(28)26-21-19(20(25)29)15-6-4-12(2)9-17(15)34-21/h3,5,7,10,12H,1,4,6,8-9,11H2,2H3,(H2,25,29)(H,26,28). The molecule has 0 bridgehead atoms. The summed E-state index contributed by atoms with van der Waals surface area (Å²) in [5.74, 6) is -2.56. The van der Waals surface area contributed by atoms with Gasteiger partial charge < -0.3 is 15.8 Å².